The number of likely N-dealkylation sites (N-methyl/N-ethyl adjacent to an activating group) is 1. The largest absolute Gasteiger partial charge is 0.353 e. The van der Waals surface area contributed by atoms with Crippen molar-refractivity contribution < 1.29 is 4.79 Å². The van der Waals surface area contributed by atoms with Crippen LogP contribution < -0.4 is 11.1 Å². The third-order valence-electron chi connectivity index (χ3n) is 3.56. The summed E-state index contributed by atoms with van der Waals surface area (Å²) in [6.45, 7) is 9.85. The molecule has 1 rings (SSSR count). The van der Waals surface area contributed by atoms with E-state index in [0.29, 0.717) is 6.54 Å². The summed E-state index contributed by atoms with van der Waals surface area (Å²) in [7, 11) is 0. The van der Waals surface area contributed by atoms with E-state index in [1.165, 1.54) is 0 Å². The first-order chi connectivity index (χ1) is 9.81. The summed E-state index contributed by atoms with van der Waals surface area (Å²) < 4.78 is 0. The van der Waals surface area contributed by atoms with E-state index >= 15 is 0 Å². The Morgan fingerprint density at radius 2 is 1.78 bits per heavy atom. The number of hydrogen-bond donors (Lipinski definition) is 2. The molecular formula is C16H28Cl3N3O. The monoisotopic (exact) mass is 383 g/mol. The van der Waals surface area contributed by atoms with Crippen LogP contribution in [0.15, 0.2) is 24.3 Å². The molecule has 0 fully saturated rings. The number of carbonyl (C=O) groups is 1. The average Bonchev–Trinajstić information content (AvgIpc) is 2.43. The molecule has 0 radical (unpaired) electrons. The molecule has 1 amide bonds. The standard InChI is InChI=1S/C16H26ClN3O.2ClH/c1-5-20(6-2)14(11-19-15(21)16(3,4)18)12-9-7-8-10-13(12)17;;/h7-10,14H,5-6,11,18H2,1-4H3,(H,19,21);2*1H. The van der Waals surface area contributed by atoms with E-state index in [0.717, 1.165) is 23.7 Å². The van der Waals surface area contributed by atoms with Crippen LogP contribution in [0.4, 0.5) is 0 Å². The predicted molar refractivity (Wildman–Crippen MR) is 103 cm³/mol. The van der Waals surface area contributed by atoms with Gasteiger partial charge in [0.2, 0.25) is 5.91 Å². The summed E-state index contributed by atoms with van der Waals surface area (Å²) >= 11 is 6.32. The summed E-state index contributed by atoms with van der Waals surface area (Å²) in [5.41, 5.74) is 5.97. The van der Waals surface area contributed by atoms with Crippen molar-refractivity contribution in [2.45, 2.75) is 39.3 Å². The quantitative estimate of drug-likeness (QED) is 0.757. The summed E-state index contributed by atoms with van der Waals surface area (Å²) in [5, 5.41) is 3.65. The minimum absolute atomic E-state index is 0. The molecule has 0 aliphatic carbocycles. The number of nitrogens with one attached hydrogen (secondary N) is 1. The van der Waals surface area contributed by atoms with E-state index in [9.17, 15) is 4.79 Å². The van der Waals surface area contributed by atoms with Gasteiger partial charge in [0.15, 0.2) is 0 Å². The first kappa shape index (κ1) is 24.7. The second kappa shape index (κ2) is 11.1. The van der Waals surface area contributed by atoms with E-state index in [1.54, 1.807) is 13.8 Å². The smallest absolute Gasteiger partial charge is 0.239 e. The topological polar surface area (TPSA) is 58.4 Å². The van der Waals surface area contributed by atoms with Crippen LogP contribution in [0.3, 0.4) is 0 Å². The highest BCUT2D eigenvalue weighted by molar-refractivity contribution is 6.31. The number of rotatable bonds is 7. The lowest BCUT2D eigenvalue weighted by Crippen LogP contribution is -2.51. The van der Waals surface area contributed by atoms with Crippen LogP contribution in [0.1, 0.15) is 39.3 Å². The molecule has 0 aliphatic rings. The van der Waals surface area contributed by atoms with Crippen LogP contribution in [0, 0.1) is 0 Å². The number of benzene rings is 1. The molecule has 0 aromatic heterocycles. The summed E-state index contributed by atoms with van der Waals surface area (Å²) in [5.74, 6) is -0.160. The van der Waals surface area contributed by atoms with Gasteiger partial charge in [-0.3, -0.25) is 9.69 Å². The Morgan fingerprint density at radius 3 is 2.22 bits per heavy atom. The van der Waals surface area contributed by atoms with Gasteiger partial charge in [-0.1, -0.05) is 43.6 Å². The van der Waals surface area contributed by atoms with Crippen molar-refractivity contribution in [1.29, 1.82) is 0 Å². The maximum absolute atomic E-state index is 12.0. The second-order valence-electron chi connectivity index (χ2n) is 5.69. The van der Waals surface area contributed by atoms with Crippen molar-refractivity contribution >= 4 is 42.3 Å². The van der Waals surface area contributed by atoms with Crippen molar-refractivity contribution in [3.8, 4) is 0 Å². The Balaban J connectivity index is 0. The van der Waals surface area contributed by atoms with Crippen LogP contribution in [-0.2, 0) is 4.79 Å². The molecule has 0 heterocycles. The molecule has 0 aliphatic heterocycles. The van der Waals surface area contributed by atoms with Gasteiger partial charge in [-0.2, -0.15) is 0 Å². The van der Waals surface area contributed by atoms with Gasteiger partial charge in [0.05, 0.1) is 11.6 Å². The minimum Gasteiger partial charge on any atom is -0.353 e. The van der Waals surface area contributed by atoms with Crippen LogP contribution in [0.2, 0.25) is 5.02 Å². The Hall–Kier alpha value is -0.520. The summed E-state index contributed by atoms with van der Waals surface area (Å²) in [6, 6.07) is 7.80. The average molecular weight is 385 g/mol. The highest BCUT2D eigenvalue weighted by atomic mass is 35.5. The number of hydrogen-bond acceptors (Lipinski definition) is 3. The molecule has 3 N–H and O–H groups in total. The maximum Gasteiger partial charge on any atom is 0.239 e. The molecule has 134 valence electrons. The van der Waals surface area contributed by atoms with Crippen molar-refractivity contribution in [1.82, 2.24) is 10.2 Å². The van der Waals surface area contributed by atoms with Gasteiger partial charge in [0.25, 0.3) is 0 Å². The molecule has 1 unspecified atom stereocenters. The zero-order valence-corrected chi connectivity index (χ0v) is 16.5. The van der Waals surface area contributed by atoms with Crippen molar-refractivity contribution in [3.05, 3.63) is 34.9 Å². The summed E-state index contributed by atoms with van der Waals surface area (Å²) in [6.07, 6.45) is 0. The van der Waals surface area contributed by atoms with Crippen LogP contribution in [-0.4, -0.2) is 36.0 Å². The van der Waals surface area contributed by atoms with Crippen molar-refractivity contribution in [3.63, 3.8) is 0 Å². The normalized spacial score (nSPS) is 12.1. The van der Waals surface area contributed by atoms with Gasteiger partial charge in [0, 0.05) is 11.6 Å². The molecule has 23 heavy (non-hydrogen) atoms. The maximum atomic E-state index is 12.0. The van der Waals surface area contributed by atoms with Gasteiger partial charge in [-0.05, 0) is 38.6 Å². The first-order valence-corrected chi connectivity index (χ1v) is 7.74. The van der Waals surface area contributed by atoms with Crippen LogP contribution in [0.25, 0.3) is 0 Å². The van der Waals surface area contributed by atoms with Gasteiger partial charge < -0.3 is 11.1 Å². The lowest BCUT2D eigenvalue weighted by molar-refractivity contribution is -0.125. The number of amides is 1. The zero-order chi connectivity index (χ0) is 16.0. The molecular weight excluding hydrogens is 357 g/mol. The lowest BCUT2D eigenvalue weighted by atomic mass is 10.0. The Morgan fingerprint density at radius 1 is 1.26 bits per heavy atom. The number of nitrogens with two attached hydrogens (primary N) is 1. The van der Waals surface area contributed by atoms with Crippen molar-refractivity contribution in [2.75, 3.05) is 19.6 Å². The van der Waals surface area contributed by atoms with E-state index in [2.05, 4.69) is 24.1 Å². The number of nitrogens with zero attached hydrogens (tertiary/aromatic N) is 1. The van der Waals surface area contributed by atoms with Gasteiger partial charge >= 0.3 is 0 Å². The third-order valence-corrected chi connectivity index (χ3v) is 3.90. The minimum atomic E-state index is -0.881. The fourth-order valence-electron chi connectivity index (χ4n) is 2.26. The molecule has 1 atom stereocenters. The number of carbonyl (C=O) groups excluding carboxylic acids is 1. The zero-order valence-electron chi connectivity index (χ0n) is 14.1. The van der Waals surface area contributed by atoms with E-state index in [1.807, 2.05) is 24.3 Å². The Bertz CT molecular complexity index is 474. The van der Waals surface area contributed by atoms with Gasteiger partial charge in [-0.25, -0.2) is 0 Å². The van der Waals surface area contributed by atoms with Crippen molar-refractivity contribution in [2.24, 2.45) is 5.73 Å². The molecule has 0 saturated carbocycles. The third kappa shape index (κ3) is 7.27. The lowest BCUT2D eigenvalue weighted by Gasteiger charge is -2.31. The van der Waals surface area contributed by atoms with Crippen LogP contribution >= 0.6 is 36.4 Å². The van der Waals surface area contributed by atoms with Crippen LogP contribution in [0.5, 0.6) is 0 Å². The van der Waals surface area contributed by atoms with Gasteiger partial charge in [0.1, 0.15) is 0 Å². The highest BCUT2D eigenvalue weighted by Gasteiger charge is 2.25. The van der Waals surface area contributed by atoms with Gasteiger partial charge in [-0.15, -0.1) is 24.8 Å². The first-order valence-electron chi connectivity index (χ1n) is 7.36. The van der Waals surface area contributed by atoms with E-state index < -0.39 is 5.54 Å². The molecule has 1 aromatic rings. The highest BCUT2D eigenvalue weighted by Crippen LogP contribution is 2.27. The molecule has 4 nitrogen and oxygen atoms in total. The predicted octanol–water partition coefficient (Wildman–Crippen LogP) is 3.42. The van der Waals surface area contributed by atoms with E-state index in [-0.39, 0.29) is 36.8 Å². The molecule has 1 aromatic carbocycles. The van der Waals surface area contributed by atoms with E-state index in [4.69, 9.17) is 17.3 Å². The molecule has 7 heteroatoms. The molecule has 0 spiro atoms. The number of halogens is 3. The Labute approximate surface area is 157 Å². The summed E-state index contributed by atoms with van der Waals surface area (Å²) in [4.78, 5) is 14.3. The molecule has 0 bridgehead atoms. The molecule has 0 saturated heterocycles. The fraction of sp³-hybridized carbons (Fsp3) is 0.562. The fourth-order valence-corrected chi connectivity index (χ4v) is 2.52. The second-order valence-corrected chi connectivity index (χ2v) is 6.10. The Kier molecular flexibility index (Phi) is 11.9. The SMILES string of the molecule is CCN(CC)C(CNC(=O)C(C)(C)N)c1ccccc1Cl.Cl.Cl.